The van der Waals surface area contributed by atoms with Gasteiger partial charge in [-0.05, 0) is 42.7 Å². The number of hydrogen-bond donors (Lipinski definition) is 3. The predicted molar refractivity (Wildman–Crippen MR) is 121 cm³/mol. The molecular formula is C20H27IN4O2. The minimum Gasteiger partial charge on any atom is -0.496 e. The van der Waals surface area contributed by atoms with Crippen LogP contribution in [0, 0.1) is 6.92 Å². The fourth-order valence-corrected chi connectivity index (χ4v) is 2.46. The average molecular weight is 482 g/mol. The molecule has 0 radical (unpaired) electrons. The average Bonchev–Trinajstić information content (AvgIpc) is 2.66. The Morgan fingerprint density at radius 3 is 2.52 bits per heavy atom. The van der Waals surface area contributed by atoms with E-state index in [4.69, 9.17) is 4.74 Å². The zero-order chi connectivity index (χ0) is 18.8. The van der Waals surface area contributed by atoms with E-state index in [1.165, 1.54) is 5.56 Å². The molecule has 2 aromatic rings. The number of anilines is 1. The number of guanidine groups is 1. The van der Waals surface area contributed by atoms with Gasteiger partial charge in [-0.25, -0.2) is 0 Å². The standard InChI is InChI=1S/C20H26N4O2.HI/c1-15-9-10-16(13-18(15)26-3)11-12-22-20(21-2)23-14-19(25)24-17-7-5-4-6-8-17;/h4-10,13H,11-12,14H2,1-3H3,(H,24,25)(H2,21,22,23);1H. The van der Waals surface area contributed by atoms with Crippen LogP contribution in [0.5, 0.6) is 5.75 Å². The van der Waals surface area contributed by atoms with E-state index in [2.05, 4.69) is 33.1 Å². The number of nitrogens with zero attached hydrogens (tertiary/aromatic N) is 1. The molecule has 0 fully saturated rings. The lowest BCUT2D eigenvalue weighted by molar-refractivity contribution is -0.115. The molecule has 2 rings (SSSR count). The molecule has 0 aromatic heterocycles. The molecule has 1 amide bonds. The highest BCUT2D eigenvalue weighted by Crippen LogP contribution is 2.18. The number of halogens is 1. The summed E-state index contributed by atoms with van der Waals surface area (Å²) in [5.41, 5.74) is 3.07. The molecule has 146 valence electrons. The molecule has 0 spiro atoms. The summed E-state index contributed by atoms with van der Waals surface area (Å²) < 4.78 is 5.35. The number of carbonyl (C=O) groups is 1. The highest BCUT2D eigenvalue weighted by molar-refractivity contribution is 14.0. The van der Waals surface area contributed by atoms with Crippen LogP contribution in [0.4, 0.5) is 5.69 Å². The van der Waals surface area contributed by atoms with Gasteiger partial charge in [0.2, 0.25) is 5.91 Å². The minimum absolute atomic E-state index is 0. The van der Waals surface area contributed by atoms with Crippen LogP contribution >= 0.6 is 24.0 Å². The van der Waals surface area contributed by atoms with Crippen LogP contribution < -0.4 is 20.7 Å². The normalized spacial score (nSPS) is 10.6. The van der Waals surface area contributed by atoms with Gasteiger partial charge in [-0.1, -0.05) is 30.3 Å². The van der Waals surface area contributed by atoms with Crippen molar-refractivity contribution in [1.82, 2.24) is 10.6 Å². The minimum atomic E-state index is -0.123. The Labute approximate surface area is 177 Å². The number of carbonyl (C=O) groups excluding carboxylic acids is 1. The van der Waals surface area contributed by atoms with Crippen molar-refractivity contribution in [3.05, 3.63) is 59.7 Å². The first-order valence-electron chi connectivity index (χ1n) is 8.55. The van der Waals surface area contributed by atoms with Gasteiger partial charge >= 0.3 is 0 Å². The zero-order valence-electron chi connectivity index (χ0n) is 15.9. The van der Waals surface area contributed by atoms with Crippen molar-refractivity contribution in [3.8, 4) is 5.75 Å². The molecule has 2 aromatic carbocycles. The van der Waals surface area contributed by atoms with E-state index in [1.54, 1.807) is 14.2 Å². The highest BCUT2D eigenvalue weighted by Gasteiger charge is 2.05. The van der Waals surface area contributed by atoms with E-state index in [-0.39, 0.29) is 36.4 Å². The topological polar surface area (TPSA) is 74.8 Å². The zero-order valence-corrected chi connectivity index (χ0v) is 18.2. The van der Waals surface area contributed by atoms with Crippen molar-refractivity contribution in [2.24, 2.45) is 4.99 Å². The number of para-hydroxylation sites is 1. The van der Waals surface area contributed by atoms with E-state index in [9.17, 15) is 4.79 Å². The SMILES string of the molecule is CN=C(NCCc1ccc(C)c(OC)c1)NCC(=O)Nc1ccccc1.I. The predicted octanol–water partition coefficient (Wildman–Crippen LogP) is 2.97. The second-order valence-corrected chi connectivity index (χ2v) is 5.82. The molecule has 0 saturated carbocycles. The first-order chi connectivity index (χ1) is 12.6. The summed E-state index contributed by atoms with van der Waals surface area (Å²) in [5, 5.41) is 9.04. The largest absolute Gasteiger partial charge is 0.496 e. The second kappa shape index (κ2) is 12.2. The van der Waals surface area contributed by atoms with Crippen molar-refractivity contribution in [1.29, 1.82) is 0 Å². The van der Waals surface area contributed by atoms with Crippen LogP contribution in [-0.2, 0) is 11.2 Å². The lowest BCUT2D eigenvalue weighted by Gasteiger charge is -2.13. The van der Waals surface area contributed by atoms with Gasteiger partial charge in [0.05, 0.1) is 13.7 Å². The Hall–Kier alpha value is -2.29. The number of rotatable bonds is 7. The summed E-state index contributed by atoms with van der Waals surface area (Å²) in [6, 6.07) is 15.5. The molecule has 0 unspecified atom stereocenters. The first-order valence-corrected chi connectivity index (χ1v) is 8.55. The number of ether oxygens (including phenoxy) is 1. The Balaban J connectivity index is 0.00000364. The quantitative estimate of drug-likeness (QED) is 0.323. The maximum atomic E-state index is 12.0. The Kier molecular flexibility index (Phi) is 10.2. The van der Waals surface area contributed by atoms with E-state index in [1.807, 2.05) is 43.3 Å². The molecule has 6 nitrogen and oxygen atoms in total. The van der Waals surface area contributed by atoms with Crippen LogP contribution in [0.15, 0.2) is 53.5 Å². The van der Waals surface area contributed by atoms with Gasteiger partial charge in [0.25, 0.3) is 0 Å². The molecule has 27 heavy (non-hydrogen) atoms. The third-order valence-corrected chi connectivity index (χ3v) is 3.88. The van der Waals surface area contributed by atoms with Gasteiger partial charge in [-0.2, -0.15) is 0 Å². The van der Waals surface area contributed by atoms with Gasteiger partial charge in [-0.3, -0.25) is 9.79 Å². The molecular weight excluding hydrogens is 455 g/mol. The molecule has 0 bridgehead atoms. The summed E-state index contributed by atoms with van der Waals surface area (Å²) >= 11 is 0. The maximum Gasteiger partial charge on any atom is 0.243 e. The molecule has 3 N–H and O–H groups in total. The van der Waals surface area contributed by atoms with Gasteiger partial charge < -0.3 is 20.7 Å². The Morgan fingerprint density at radius 2 is 1.85 bits per heavy atom. The fourth-order valence-electron chi connectivity index (χ4n) is 2.46. The van der Waals surface area contributed by atoms with E-state index in [0.717, 1.165) is 23.4 Å². The van der Waals surface area contributed by atoms with Gasteiger partial charge in [0.15, 0.2) is 5.96 Å². The Morgan fingerprint density at radius 1 is 1.11 bits per heavy atom. The van der Waals surface area contributed by atoms with Crippen LogP contribution in [0.2, 0.25) is 0 Å². The summed E-state index contributed by atoms with van der Waals surface area (Å²) in [4.78, 5) is 16.1. The number of amides is 1. The molecule has 0 saturated heterocycles. The number of aryl methyl sites for hydroxylation is 1. The lowest BCUT2D eigenvalue weighted by Crippen LogP contribution is -2.42. The van der Waals surface area contributed by atoms with Crippen molar-refractivity contribution < 1.29 is 9.53 Å². The smallest absolute Gasteiger partial charge is 0.243 e. The number of nitrogens with one attached hydrogen (secondary N) is 3. The first kappa shape index (κ1) is 22.8. The lowest BCUT2D eigenvalue weighted by atomic mass is 10.1. The van der Waals surface area contributed by atoms with Crippen LogP contribution in [0.3, 0.4) is 0 Å². The van der Waals surface area contributed by atoms with E-state index in [0.29, 0.717) is 12.5 Å². The number of benzene rings is 2. The van der Waals surface area contributed by atoms with Crippen LogP contribution in [0.25, 0.3) is 0 Å². The molecule has 0 atom stereocenters. The molecule has 0 aliphatic carbocycles. The molecule has 0 heterocycles. The molecule has 0 aliphatic rings. The third-order valence-electron chi connectivity index (χ3n) is 3.88. The van der Waals surface area contributed by atoms with Gasteiger partial charge in [0, 0.05) is 19.3 Å². The Bertz CT molecular complexity index is 751. The summed E-state index contributed by atoms with van der Waals surface area (Å²) in [6.45, 7) is 2.87. The molecule has 7 heteroatoms. The third kappa shape index (κ3) is 7.86. The summed E-state index contributed by atoms with van der Waals surface area (Å²) in [5.74, 6) is 1.36. The van der Waals surface area contributed by atoms with Crippen molar-refractivity contribution in [2.75, 3.05) is 32.6 Å². The van der Waals surface area contributed by atoms with Crippen molar-refractivity contribution in [3.63, 3.8) is 0 Å². The van der Waals surface area contributed by atoms with Crippen molar-refractivity contribution >= 4 is 41.5 Å². The number of aliphatic imine (C=N–C) groups is 1. The monoisotopic (exact) mass is 482 g/mol. The maximum absolute atomic E-state index is 12.0. The highest BCUT2D eigenvalue weighted by atomic mass is 127. The van der Waals surface area contributed by atoms with Crippen LogP contribution in [0.1, 0.15) is 11.1 Å². The van der Waals surface area contributed by atoms with Gasteiger partial charge in [0.1, 0.15) is 5.75 Å². The van der Waals surface area contributed by atoms with E-state index >= 15 is 0 Å². The second-order valence-electron chi connectivity index (χ2n) is 5.82. The molecule has 0 aliphatic heterocycles. The van der Waals surface area contributed by atoms with Crippen molar-refractivity contribution in [2.45, 2.75) is 13.3 Å². The fraction of sp³-hybridized carbons (Fsp3) is 0.300. The summed E-state index contributed by atoms with van der Waals surface area (Å²) in [6.07, 6.45) is 0.827. The van der Waals surface area contributed by atoms with Crippen LogP contribution in [-0.4, -0.2) is 39.1 Å². The summed E-state index contributed by atoms with van der Waals surface area (Å²) in [7, 11) is 3.36. The van der Waals surface area contributed by atoms with E-state index < -0.39 is 0 Å². The number of hydrogen-bond acceptors (Lipinski definition) is 3. The van der Waals surface area contributed by atoms with Gasteiger partial charge in [-0.15, -0.1) is 24.0 Å². The number of methoxy groups -OCH3 is 1.